The largest absolute Gasteiger partial charge is 0.633 e. The minimum Gasteiger partial charge on any atom is -0.633 e. The van der Waals surface area contributed by atoms with Crippen molar-refractivity contribution >= 4 is 5.91 Å². The third-order valence-corrected chi connectivity index (χ3v) is 7.64. The molecule has 0 aliphatic carbocycles. The number of aliphatic hydroxyl groups excluding tert-OH is 1. The van der Waals surface area contributed by atoms with Crippen LogP contribution in [-0.2, 0) is 20.7 Å². The van der Waals surface area contributed by atoms with E-state index in [0.717, 1.165) is 18.4 Å². The van der Waals surface area contributed by atoms with E-state index in [4.69, 9.17) is 24.7 Å². The molecule has 4 atom stereocenters. The Bertz CT molecular complexity index is 848. The van der Waals surface area contributed by atoms with Crippen LogP contribution < -0.4 is 20.5 Å². The summed E-state index contributed by atoms with van der Waals surface area (Å²) in [5.74, 6) is 1.40. The molecular weight excluding hydrogens is 502 g/mol. The summed E-state index contributed by atoms with van der Waals surface area (Å²) in [7, 11) is 3.30. The minimum absolute atomic E-state index is 0.169. The first-order valence-corrected chi connectivity index (χ1v) is 14.2. The van der Waals surface area contributed by atoms with Crippen LogP contribution in [0.25, 0.3) is 0 Å². The van der Waals surface area contributed by atoms with Crippen LogP contribution in [0, 0.1) is 23.0 Å². The van der Waals surface area contributed by atoms with Crippen molar-refractivity contribution < 1.29 is 33.5 Å². The summed E-state index contributed by atoms with van der Waals surface area (Å²) in [4.78, 5) is 12.6. The number of methoxy groups -OCH3 is 2. The summed E-state index contributed by atoms with van der Waals surface area (Å²) in [6.45, 7) is 9.64. The van der Waals surface area contributed by atoms with Gasteiger partial charge in [-0.3, -0.25) is 4.79 Å². The molecule has 1 aliphatic rings. The number of nitrogens with one attached hydrogen (secondary N) is 1. The highest BCUT2D eigenvalue weighted by Crippen LogP contribution is 2.31. The standard InChI is InChI=1S/C29H51N3O7/c1-21(2)24(18-23-7-8-27(37-5)28(19-23)39-14-6-13-36-4)20-25(30)26(33)17-22(3)29(34)31-9-10-32(35)11-15-38-16-12-32/h7-8,19,21-22,24-26,33H,6,9-18,20,30H2,1-5H3,(H,31,34). The van der Waals surface area contributed by atoms with Gasteiger partial charge in [0.15, 0.2) is 11.5 Å². The Morgan fingerprint density at radius 3 is 2.51 bits per heavy atom. The van der Waals surface area contributed by atoms with Gasteiger partial charge in [-0.1, -0.05) is 26.8 Å². The summed E-state index contributed by atoms with van der Waals surface area (Å²) in [5, 5.41) is 26.3. The van der Waals surface area contributed by atoms with E-state index in [1.165, 1.54) is 0 Å². The van der Waals surface area contributed by atoms with Gasteiger partial charge < -0.3 is 45.0 Å². The zero-order valence-electron chi connectivity index (χ0n) is 24.5. The minimum atomic E-state index is -0.806. The first kappa shape index (κ1) is 33.3. The number of nitrogens with zero attached hydrogens (tertiary/aromatic N) is 1. The summed E-state index contributed by atoms with van der Waals surface area (Å²) >= 11 is 0. The molecule has 4 unspecified atom stereocenters. The van der Waals surface area contributed by atoms with Crippen LogP contribution in [0.5, 0.6) is 11.5 Å². The van der Waals surface area contributed by atoms with Gasteiger partial charge in [0, 0.05) is 32.1 Å². The van der Waals surface area contributed by atoms with Crippen molar-refractivity contribution in [3.8, 4) is 11.5 Å². The summed E-state index contributed by atoms with van der Waals surface area (Å²) < 4.78 is 21.4. The number of ether oxygens (including phenoxy) is 4. The molecule has 10 nitrogen and oxygen atoms in total. The molecule has 0 radical (unpaired) electrons. The fourth-order valence-corrected chi connectivity index (χ4v) is 4.85. The number of hydroxylamine groups is 3. The maximum atomic E-state index is 12.6. The zero-order chi connectivity index (χ0) is 28.8. The summed E-state index contributed by atoms with van der Waals surface area (Å²) in [5.41, 5.74) is 7.56. The predicted octanol–water partition coefficient (Wildman–Crippen LogP) is 2.49. The van der Waals surface area contributed by atoms with Crippen LogP contribution in [0.4, 0.5) is 0 Å². The molecule has 0 aromatic heterocycles. The first-order valence-electron chi connectivity index (χ1n) is 14.2. The smallest absolute Gasteiger partial charge is 0.223 e. The molecule has 0 spiro atoms. The first-order chi connectivity index (χ1) is 18.6. The second-order valence-electron chi connectivity index (χ2n) is 11.1. The number of hydrogen-bond acceptors (Lipinski definition) is 8. The van der Waals surface area contributed by atoms with Gasteiger partial charge >= 0.3 is 0 Å². The molecule has 1 heterocycles. The Morgan fingerprint density at radius 2 is 1.87 bits per heavy atom. The Kier molecular flexibility index (Phi) is 14.5. The van der Waals surface area contributed by atoms with E-state index in [0.29, 0.717) is 76.4 Å². The number of carbonyl (C=O) groups is 1. The van der Waals surface area contributed by atoms with E-state index in [2.05, 4.69) is 19.2 Å². The number of amides is 1. The highest BCUT2D eigenvalue weighted by atomic mass is 16.6. The molecule has 1 aromatic rings. The fraction of sp³-hybridized carbons (Fsp3) is 0.759. The van der Waals surface area contributed by atoms with Crippen LogP contribution in [-0.4, -0.2) is 94.6 Å². The lowest BCUT2D eigenvalue weighted by molar-refractivity contribution is -0.887. The molecule has 0 bridgehead atoms. The monoisotopic (exact) mass is 553 g/mol. The molecule has 1 aromatic carbocycles. The average molecular weight is 554 g/mol. The Hall–Kier alpha value is -1.95. The number of quaternary nitrogens is 1. The predicted molar refractivity (Wildman–Crippen MR) is 151 cm³/mol. The number of benzene rings is 1. The fourth-order valence-electron chi connectivity index (χ4n) is 4.85. The zero-order valence-corrected chi connectivity index (χ0v) is 24.5. The molecule has 2 rings (SSSR count). The maximum Gasteiger partial charge on any atom is 0.223 e. The Labute approximate surface area is 234 Å². The number of morpholine rings is 1. The van der Waals surface area contributed by atoms with E-state index >= 15 is 0 Å². The Morgan fingerprint density at radius 1 is 1.15 bits per heavy atom. The SMILES string of the molecule is COCCCOc1cc(CC(CC(N)C(O)CC(C)C(=O)NCC[N+]2([O-])CCOCC2)C(C)C)ccc1OC. The van der Waals surface area contributed by atoms with E-state index in [9.17, 15) is 15.1 Å². The Balaban J connectivity index is 1.87. The molecule has 4 N–H and O–H groups in total. The third-order valence-electron chi connectivity index (χ3n) is 7.64. The second-order valence-corrected chi connectivity index (χ2v) is 11.1. The van der Waals surface area contributed by atoms with Gasteiger partial charge in [-0.25, -0.2) is 0 Å². The normalized spacial score (nSPS) is 18.3. The van der Waals surface area contributed by atoms with Crippen molar-refractivity contribution in [2.24, 2.45) is 23.5 Å². The molecule has 1 fully saturated rings. The second kappa shape index (κ2) is 17.0. The van der Waals surface area contributed by atoms with Gasteiger partial charge in [0.2, 0.25) is 5.91 Å². The van der Waals surface area contributed by atoms with E-state index < -0.39 is 18.1 Å². The lowest BCUT2D eigenvalue weighted by Gasteiger charge is -2.45. The van der Waals surface area contributed by atoms with Crippen molar-refractivity contribution in [1.82, 2.24) is 5.32 Å². The molecule has 0 saturated carbocycles. The highest BCUT2D eigenvalue weighted by Gasteiger charge is 2.27. The lowest BCUT2D eigenvalue weighted by Crippen LogP contribution is -2.53. The van der Waals surface area contributed by atoms with Crippen molar-refractivity contribution in [3.05, 3.63) is 29.0 Å². The van der Waals surface area contributed by atoms with Crippen LogP contribution in [0.1, 0.15) is 45.6 Å². The highest BCUT2D eigenvalue weighted by molar-refractivity contribution is 5.78. The van der Waals surface area contributed by atoms with Gasteiger partial charge in [-0.2, -0.15) is 0 Å². The summed E-state index contributed by atoms with van der Waals surface area (Å²) in [6.07, 6.45) is 1.66. The molecular formula is C29H51N3O7. The molecule has 39 heavy (non-hydrogen) atoms. The quantitative estimate of drug-likeness (QED) is 0.143. The number of nitrogens with two attached hydrogens (primary N) is 1. The molecule has 224 valence electrons. The molecule has 1 aliphatic heterocycles. The van der Waals surface area contributed by atoms with Gasteiger partial charge in [-0.05, 0) is 48.8 Å². The number of carbonyl (C=O) groups excluding carboxylic acids is 1. The van der Waals surface area contributed by atoms with Gasteiger partial charge in [0.05, 0.1) is 46.1 Å². The lowest BCUT2D eigenvalue weighted by atomic mass is 9.82. The van der Waals surface area contributed by atoms with Gasteiger partial charge in [-0.15, -0.1) is 0 Å². The summed E-state index contributed by atoms with van der Waals surface area (Å²) in [6, 6.07) is 5.51. The van der Waals surface area contributed by atoms with Crippen LogP contribution in [0.2, 0.25) is 0 Å². The molecule has 1 amide bonds. The van der Waals surface area contributed by atoms with Crippen molar-refractivity contribution in [1.29, 1.82) is 0 Å². The number of rotatable bonds is 18. The van der Waals surface area contributed by atoms with Crippen LogP contribution in [0.3, 0.4) is 0 Å². The number of aliphatic hydroxyl groups is 1. The van der Waals surface area contributed by atoms with Crippen LogP contribution >= 0.6 is 0 Å². The van der Waals surface area contributed by atoms with Gasteiger partial charge in [0.25, 0.3) is 0 Å². The topological polar surface area (TPSA) is 135 Å². The molecule has 10 heteroatoms. The molecule has 1 saturated heterocycles. The van der Waals surface area contributed by atoms with Crippen molar-refractivity contribution in [2.75, 3.05) is 66.8 Å². The van der Waals surface area contributed by atoms with Crippen molar-refractivity contribution in [2.45, 2.75) is 58.6 Å². The third kappa shape index (κ3) is 11.6. The van der Waals surface area contributed by atoms with E-state index in [1.54, 1.807) is 21.1 Å². The van der Waals surface area contributed by atoms with Gasteiger partial charge in [0.1, 0.15) is 13.1 Å². The van der Waals surface area contributed by atoms with Crippen LogP contribution in [0.15, 0.2) is 18.2 Å². The number of hydrogen-bond donors (Lipinski definition) is 3. The van der Waals surface area contributed by atoms with E-state index in [1.807, 2.05) is 18.2 Å². The van der Waals surface area contributed by atoms with E-state index in [-0.39, 0.29) is 22.9 Å². The average Bonchev–Trinajstić information content (AvgIpc) is 2.90. The maximum absolute atomic E-state index is 12.6. The van der Waals surface area contributed by atoms with Crippen molar-refractivity contribution in [3.63, 3.8) is 0 Å².